The fourth-order valence-corrected chi connectivity index (χ4v) is 1.70. The number of hydrogen-bond donors (Lipinski definition) is 0. The third-order valence-corrected chi connectivity index (χ3v) is 2.60. The van der Waals surface area contributed by atoms with E-state index in [2.05, 4.69) is 39.8 Å². The van der Waals surface area contributed by atoms with Gasteiger partial charge in [0.1, 0.15) is 0 Å². The van der Waals surface area contributed by atoms with Crippen LogP contribution in [-0.2, 0) is 4.79 Å². The maximum atomic E-state index is 11.7. The maximum Gasteiger partial charge on any atom is 0.222 e. The normalized spacial score (nSPS) is 11.7. The molecule has 0 aliphatic rings. The average Bonchev–Trinajstić information content (AvgIpc) is 2.21. The van der Waals surface area contributed by atoms with Crippen LogP contribution >= 0.6 is 0 Å². The van der Waals surface area contributed by atoms with Gasteiger partial charge in [-0.1, -0.05) is 39.8 Å². The molecule has 2 heteroatoms. The van der Waals surface area contributed by atoms with Crippen LogP contribution in [0.1, 0.15) is 53.4 Å². The van der Waals surface area contributed by atoms with Gasteiger partial charge in [-0.3, -0.25) is 4.79 Å². The number of amides is 1. The van der Waals surface area contributed by atoms with E-state index in [0.717, 1.165) is 31.7 Å². The lowest BCUT2D eigenvalue weighted by molar-refractivity contribution is -0.130. The highest BCUT2D eigenvalue weighted by atomic mass is 16.2. The van der Waals surface area contributed by atoms with E-state index < -0.39 is 0 Å². The number of allylic oxidation sites excluding steroid dienone is 2. The molecule has 0 heterocycles. The summed E-state index contributed by atoms with van der Waals surface area (Å²) in [5.74, 6) is 1.55. The lowest BCUT2D eigenvalue weighted by atomic mass is 10.1. The molecular weight excluding hydrogens is 210 g/mol. The summed E-state index contributed by atoms with van der Waals surface area (Å²) in [6, 6.07) is 0. The van der Waals surface area contributed by atoms with Gasteiger partial charge < -0.3 is 4.90 Å². The van der Waals surface area contributed by atoms with Crippen molar-refractivity contribution in [2.75, 3.05) is 13.6 Å². The second-order valence-corrected chi connectivity index (χ2v) is 5.66. The van der Waals surface area contributed by atoms with Crippen molar-refractivity contribution in [2.24, 2.45) is 11.8 Å². The van der Waals surface area contributed by atoms with Gasteiger partial charge in [-0.2, -0.15) is 0 Å². The van der Waals surface area contributed by atoms with Gasteiger partial charge in [0.15, 0.2) is 0 Å². The van der Waals surface area contributed by atoms with Gasteiger partial charge in [-0.05, 0) is 31.1 Å². The predicted molar refractivity (Wildman–Crippen MR) is 74.9 cm³/mol. The van der Waals surface area contributed by atoms with E-state index in [1.165, 1.54) is 0 Å². The molecule has 0 fully saturated rings. The summed E-state index contributed by atoms with van der Waals surface area (Å²) in [5.41, 5.74) is 0. The molecule has 0 aliphatic carbocycles. The fraction of sp³-hybridized carbons (Fsp3) is 0.800. The van der Waals surface area contributed by atoms with Crippen molar-refractivity contribution in [1.82, 2.24) is 4.90 Å². The Morgan fingerprint density at radius 1 is 1.12 bits per heavy atom. The standard InChI is InChI=1S/C15H29NO/c1-13(2)10-8-6-7-9-11-15(17)16(5)12-14(3)4/h6,8,13-14H,7,9-12H2,1-5H3/b8-6+. The Hall–Kier alpha value is -0.790. The third-order valence-electron chi connectivity index (χ3n) is 2.60. The fourth-order valence-electron chi connectivity index (χ4n) is 1.70. The van der Waals surface area contributed by atoms with Crippen molar-refractivity contribution in [3.63, 3.8) is 0 Å². The summed E-state index contributed by atoms with van der Waals surface area (Å²) in [7, 11) is 1.90. The van der Waals surface area contributed by atoms with Crippen LogP contribution in [0.5, 0.6) is 0 Å². The quantitative estimate of drug-likeness (QED) is 0.465. The Morgan fingerprint density at radius 2 is 1.76 bits per heavy atom. The molecule has 2 nitrogen and oxygen atoms in total. The zero-order chi connectivity index (χ0) is 13.3. The van der Waals surface area contributed by atoms with E-state index in [1.54, 1.807) is 0 Å². The van der Waals surface area contributed by atoms with Gasteiger partial charge in [0.2, 0.25) is 5.91 Å². The van der Waals surface area contributed by atoms with Crippen molar-refractivity contribution in [3.05, 3.63) is 12.2 Å². The van der Waals surface area contributed by atoms with Crippen LogP contribution in [-0.4, -0.2) is 24.4 Å². The largest absolute Gasteiger partial charge is 0.346 e. The first-order valence-corrected chi connectivity index (χ1v) is 6.82. The number of unbranched alkanes of at least 4 members (excludes halogenated alkanes) is 1. The zero-order valence-electron chi connectivity index (χ0n) is 12.2. The molecule has 0 N–H and O–H groups in total. The van der Waals surface area contributed by atoms with Crippen LogP contribution in [0.2, 0.25) is 0 Å². The molecule has 0 radical (unpaired) electrons. The molecule has 0 bridgehead atoms. The lowest BCUT2D eigenvalue weighted by Crippen LogP contribution is -2.29. The minimum atomic E-state index is 0.274. The summed E-state index contributed by atoms with van der Waals surface area (Å²) in [5, 5.41) is 0. The van der Waals surface area contributed by atoms with Crippen molar-refractivity contribution in [1.29, 1.82) is 0 Å². The van der Waals surface area contributed by atoms with Gasteiger partial charge >= 0.3 is 0 Å². The maximum absolute atomic E-state index is 11.7. The minimum Gasteiger partial charge on any atom is -0.346 e. The first kappa shape index (κ1) is 16.2. The van der Waals surface area contributed by atoms with Crippen LogP contribution < -0.4 is 0 Å². The lowest BCUT2D eigenvalue weighted by Gasteiger charge is -2.19. The second-order valence-electron chi connectivity index (χ2n) is 5.66. The molecule has 100 valence electrons. The smallest absolute Gasteiger partial charge is 0.222 e. The van der Waals surface area contributed by atoms with Gasteiger partial charge in [0.05, 0.1) is 0 Å². The summed E-state index contributed by atoms with van der Waals surface area (Å²) >= 11 is 0. The molecule has 1 amide bonds. The summed E-state index contributed by atoms with van der Waals surface area (Å²) in [6.07, 6.45) is 8.24. The Labute approximate surface area is 107 Å². The van der Waals surface area contributed by atoms with Crippen LogP contribution in [0.4, 0.5) is 0 Å². The molecule has 0 rings (SSSR count). The van der Waals surface area contributed by atoms with E-state index >= 15 is 0 Å². The molecule has 0 aromatic rings. The highest BCUT2D eigenvalue weighted by molar-refractivity contribution is 5.75. The zero-order valence-corrected chi connectivity index (χ0v) is 12.2. The Bertz CT molecular complexity index is 231. The van der Waals surface area contributed by atoms with E-state index in [0.29, 0.717) is 12.3 Å². The van der Waals surface area contributed by atoms with Crippen LogP contribution in [0, 0.1) is 11.8 Å². The third kappa shape index (κ3) is 10.1. The molecule has 0 unspecified atom stereocenters. The highest BCUT2D eigenvalue weighted by Gasteiger charge is 2.08. The van der Waals surface area contributed by atoms with Crippen molar-refractivity contribution >= 4 is 5.91 Å². The molecule has 0 aromatic heterocycles. The number of carbonyl (C=O) groups excluding carboxylic acids is 1. The number of carbonyl (C=O) groups is 1. The van der Waals surface area contributed by atoms with E-state index in [4.69, 9.17) is 0 Å². The first-order chi connectivity index (χ1) is 7.93. The number of rotatable bonds is 8. The Balaban J connectivity index is 3.60. The second kappa shape index (κ2) is 9.26. The molecule has 0 atom stereocenters. The molecule has 0 aliphatic heterocycles. The molecule has 0 aromatic carbocycles. The summed E-state index contributed by atoms with van der Waals surface area (Å²) < 4.78 is 0. The predicted octanol–water partition coefficient (Wildman–Crippen LogP) is 3.87. The summed E-state index contributed by atoms with van der Waals surface area (Å²) in [4.78, 5) is 13.6. The molecule has 0 saturated heterocycles. The van der Waals surface area contributed by atoms with Crippen molar-refractivity contribution in [2.45, 2.75) is 53.4 Å². The van der Waals surface area contributed by atoms with Crippen molar-refractivity contribution in [3.8, 4) is 0 Å². The summed E-state index contributed by atoms with van der Waals surface area (Å²) in [6.45, 7) is 9.57. The van der Waals surface area contributed by atoms with Crippen LogP contribution in [0.15, 0.2) is 12.2 Å². The van der Waals surface area contributed by atoms with Gasteiger partial charge in [-0.25, -0.2) is 0 Å². The average molecular weight is 239 g/mol. The topological polar surface area (TPSA) is 20.3 Å². The SMILES string of the molecule is CC(C)C/C=C/CCCC(=O)N(C)CC(C)C. The monoisotopic (exact) mass is 239 g/mol. The van der Waals surface area contributed by atoms with Crippen LogP contribution in [0.3, 0.4) is 0 Å². The minimum absolute atomic E-state index is 0.274. The first-order valence-electron chi connectivity index (χ1n) is 6.82. The van der Waals surface area contributed by atoms with Gasteiger partial charge in [0.25, 0.3) is 0 Å². The number of hydrogen-bond acceptors (Lipinski definition) is 1. The highest BCUT2D eigenvalue weighted by Crippen LogP contribution is 2.05. The van der Waals surface area contributed by atoms with E-state index in [9.17, 15) is 4.79 Å². The molecule has 0 saturated carbocycles. The Morgan fingerprint density at radius 3 is 2.29 bits per heavy atom. The molecule has 0 spiro atoms. The molecule has 17 heavy (non-hydrogen) atoms. The van der Waals surface area contributed by atoms with Gasteiger partial charge in [0, 0.05) is 20.0 Å². The van der Waals surface area contributed by atoms with E-state index in [1.807, 2.05) is 11.9 Å². The van der Waals surface area contributed by atoms with Gasteiger partial charge in [-0.15, -0.1) is 0 Å². The van der Waals surface area contributed by atoms with Crippen LogP contribution in [0.25, 0.3) is 0 Å². The number of nitrogens with zero attached hydrogens (tertiary/aromatic N) is 1. The van der Waals surface area contributed by atoms with E-state index in [-0.39, 0.29) is 5.91 Å². The Kier molecular flexibility index (Phi) is 8.83. The van der Waals surface area contributed by atoms with Crippen molar-refractivity contribution < 1.29 is 4.79 Å². The molecular formula is C15H29NO.